The molecular formula is C16H18N4O4. The third-order valence-corrected chi connectivity index (χ3v) is 3.32. The first kappa shape index (κ1) is 18.6. The lowest BCUT2D eigenvalue weighted by Gasteiger charge is -2.09. The molecule has 0 aliphatic heterocycles. The van der Waals surface area contributed by atoms with Gasteiger partial charge in [-0.3, -0.25) is 19.2 Å². The van der Waals surface area contributed by atoms with Gasteiger partial charge in [0.15, 0.2) is 0 Å². The Balaban J connectivity index is 3.48. The highest BCUT2D eigenvalue weighted by atomic mass is 16.2. The SMILES string of the molecule is Cc1cc(C=C(C(N)=O)C(N)=O)c(C)cc1C=C(C(N)=O)C(N)=O. The average molecular weight is 330 g/mol. The van der Waals surface area contributed by atoms with Crippen LogP contribution in [0.15, 0.2) is 23.3 Å². The number of rotatable bonds is 6. The maximum Gasteiger partial charge on any atom is 0.254 e. The Morgan fingerprint density at radius 3 is 1.12 bits per heavy atom. The normalized spacial score (nSPS) is 9.75. The molecule has 0 saturated carbocycles. The van der Waals surface area contributed by atoms with Gasteiger partial charge in [0.1, 0.15) is 11.1 Å². The van der Waals surface area contributed by atoms with Crippen LogP contribution in [0, 0.1) is 13.8 Å². The largest absolute Gasteiger partial charge is 0.365 e. The zero-order valence-electron chi connectivity index (χ0n) is 13.3. The molecule has 0 heterocycles. The maximum absolute atomic E-state index is 11.2. The van der Waals surface area contributed by atoms with Crippen molar-refractivity contribution >= 4 is 35.8 Å². The second-order valence-corrected chi connectivity index (χ2v) is 5.14. The standard InChI is InChI=1S/C16H18N4O4/c1-7-3-10(6-12(15(19)23)16(20)24)8(2)4-9(7)5-11(13(17)21)14(18)22/h3-6H,1-2H3,(H2,17,21)(H2,18,22)(H2,19,23)(H2,20,24). The topological polar surface area (TPSA) is 172 Å². The lowest BCUT2D eigenvalue weighted by molar-refractivity contribution is -0.121. The van der Waals surface area contributed by atoms with Crippen molar-refractivity contribution < 1.29 is 19.2 Å². The Hall–Kier alpha value is -3.42. The lowest BCUT2D eigenvalue weighted by Crippen LogP contribution is -2.26. The number of hydrogen-bond donors (Lipinski definition) is 4. The molecule has 0 unspecified atom stereocenters. The Labute approximate surface area is 138 Å². The van der Waals surface area contributed by atoms with Crippen LogP contribution < -0.4 is 22.9 Å². The zero-order chi connectivity index (χ0) is 18.6. The molecule has 1 aromatic rings. The van der Waals surface area contributed by atoms with E-state index < -0.39 is 23.6 Å². The quantitative estimate of drug-likeness (QED) is 0.298. The first-order chi connectivity index (χ1) is 11.0. The van der Waals surface area contributed by atoms with Gasteiger partial charge in [-0.05, 0) is 48.3 Å². The summed E-state index contributed by atoms with van der Waals surface area (Å²) in [6.45, 7) is 3.41. The van der Waals surface area contributed by atoms with E-state index >= 15 is 0 Å². The first-order valence-electron chi connectivity index (χ1n) is 6.78. The van der Waals surface area contributed by atoms with Crippen molar-refractivity contribution in [1.82, 2.24) is 0 Å². The van der Waals surface area contributed by atoms with Crippen LogP contribution in [-0.4, -0.2) is 23.6 Å². The van der Waals surface area contributed by atoms with Crippen LogP contribution in [0.1, 0.15) is 22.3 Å². The second kappa shape index (κ2) is 7.23. The molecule has 1 aromatic carbocycles. The van der Waals surface area contributed by atoms with Crippen molar-refractivity contribution in [1.29, 1.82) is 0 Å². The summed E-state index contributed by atoms with van der Waals surface area (Å²) in [6.07, 6.45) is 2.56. The van der Waals surface area contributed by atoms with Crippen molar-refractivity contribution in [2.75, 3.05) is 0 Å². The Kier molecular flexibility index (Phi) is 5.61. The number of nitrogens with two attached hydrogens (primary N) is 4. The molecular weight excluding hydrogens is 312 g/mol. The van der Waals surface area contributed by atoms with Crippen molar-refractivity contribution in [2.24, 2.45) is 22.9 Å². The molecule has 0 aliphatic rings. The van der Waals surface area contributed by atoms with E-state index in [2.05, 4.69) is 0 Å². The van der Waals surface area contributed by atoms with Gasteiger partial charge < -0.3 is 22.9 Å². The number of hydrogen-bond acceptors (Lipinski definition) is 4. The number of benzene rings is 1. The van der Waals surface area contributed by atoms with E-state index in [1.807, 2.05) is 0 Å². The molecule has 8 N–H and O–H groups in total. The van der Waals surface area contributed by atoms with Gasteiger partial charge in [0.05, 0.1) is 0 Å². The Bertz CT molecular complexity index is 707. The molecule has 8 nitrogen and oxygen atoms in total. The predicted molar refractivity (Wildman–Crippen MR) is 88.6 cm³/mol. The average Bonchev–Trinajstić information content (AvgIpc) is 2.44. The van der Waals surface area contributed by atoms with Crippen molar-refractivity contribution in [3.63, 3.8) is 0 Å². The Morgan fingerprint density at radius 1 is 0.667 bits per heavy atom. The van der Waals surface area contributed by atoms with E-state index in [0.29, 0.717) is 22.3 Å². The zero-order valence-corrected chi connectivity index (χ0v) is 13.3. The van der Waals surface area contributed by atoms with Crippen LogP contribution >= 0.6 is 0 Å². The molecule has 1 rings (SSSR count). The van der Waals surface area contributed by atoms with Crippen LogP contribution in [0.25, 0.3) is 12.2 Å². The molecule has 0 aromatic heterocycles. The summed E-state index contributed by atoms with van der Waals surface area (Å²) in [6, 6.07) is 3.29. The number of carbonyl (C=O) groups excluding carboxylic acids is 4. The first-order valence-corrected chi connectivity index (χ1v) is 6.78. The molecule has 0 bridgehead atoms. The summed E-state index contributed by atoms with van der Waals surface area (Å²) in [5.74, 6) is -3.75. The van der Waals surface area contributed by atoms with E-state index in [0.717, 1.165) is 0 Å². The van der Waals surface area contributed by atoms with Crippen molar-refractivity contribution in [3.05, 3.63) is 45.5 Å². The van der Waals surface area contributed by atoms with Gasteiger partial charge in [0.25, 0.3) is 23.6 Å². The number of amides is 4. The van der Waals surface area contributed by atoms with Gasteiger partial charge in [-0.25, -0.2) is 0 Å². The van der Waals surface area contributed by atoms with E-state index in [-0.39, 0.29) is 11.1 Å². The summed E-state index contributed by atoms with van der Waals surface area (Å²) in [5.41, 5.74) is 22.2. The third-order valence-electron chi connectivity index (χ3n) is 3.32. The summed E-state index contributed by atoms with van der Waals surface area (Å²) >= 11 is 0. The maximum atomic E-state index is 11.2. The third kappa shape index (κ3) is 4.29. The van der Waals surface area contributed by atoms with E-state index in [1.165, 1.54) is 12.2 Å². The van der Waals surface area contributed by atoms with Gasteiger partial charge in [0, 0.05) is 0 Å². The van der Waals surface area contributed by atoms with Gasteiger partial charge in [-0.1, -0.05) is 12.1 Å². The van der Waals surface area contributed by atoms with E-state index in [9.17, 15) is 19.2 Å². The summed E-state index contributed by atoms with van der Waals surface area (Å²) in [4.78, 5) is 45.0. The number of primary amides is 4. The second-order valence-electron chi connectivity index (χ2n) is 5.14. The fourth-order valence-corrected chi connectivity index (χ4v) is 2.01. The molecule has 126 valence electrons. The minimum atomic E-state index is -0.937. The van der Waals surface area contributed by atoms with Crippen LogP contribution in [-0.2, 0) is 19.2 Å². The van der Waals surface area contributed by atoms with Crippen molar-refractivity contribution in [3.8, 4) is 0 Å². The highest BCUT2D eigenvalue weighted by Gasteiger charge is 2.15. The van der Waals surface area contributed by atoms with E-state index in [4.69, 9.17) is 22.9 Å². The minimum Gasteiger partial charge on any atom is -0.365 e. The minimum absolute atomic E-state index is 0.337. The van der Waals surface area contributed by atoms with E-state index in [1.54, 1.807) is 26.0 Å². The van der Waals surface area contributed by atoms with Crippen molar-refractivity contribution in [2.45, 2.75) is 13.8 Å². The number of aryl methyl sites for hydroxylation is 2. The van der Waals surface area contributed by atoms with Gasteiger partial charge in [-0.2, -0.15) is 0 Å². The van der Waals surface area contributed by atoms with Gasteiger partial charge in [0.2, 0.25) is 0 Å². The van der Waals surface area contributed by atoms with Gasteiger partial charge in [-0.15, -0.1) is 0 Å². The molecule has 0 radical (unpaired) electrons. The summed E-state index contributed by atoms with van der Waals surface area (Å²) < 4.78 is 0. The predicted octanol–water partition coefficient (Wildman–Crippen LogP) is -0.989. The summed E-state index contributed by atoms with van der Waals surface area (Å²) in [5, 5.41) is 0. The lowest BCUT2D eigenvalue weighted by atomic mass is 9.96. The van der Waals surface area contributed by atoms with Crippen LogP contribution in [0.3, 0.4) is 0 Å². The van der Waals surface area contributed by atoms with Crippen LogP contribution in [0.5, 0.6) is 0 Å². The van der Waals surface area contributed by atoms with Crippen LogP contribution in [0.4, 0.5) is 0 Å². The molecule has 0 fully saturated rings. The van der Waals surface area contributed by atoms with Crippen LogP contribution in [0.2, 0.25) is 0 Å². The monoisotopic (exact) mass is 330 g/mol. The molecule has 0 saturated heterocycles. The summed E-state index contributed by atoms with van der Waals surface area (Å²) in [7, 11) is 0. The molecule has 0 aliphatic carbocycles. The smallest absolute Gasteiger partial charge is 0.254 e. The molecule has 0 spiro atoms. The molecule has 4 amide bonds. The molecule has 24 heavy (non-hydrogen) atoms. The van der Waals surface area contributed by atoms with Gasteiger partial charge >= 0.3 is 0 Å². The molecule has 0 atom stereocenters. The molecule has 8 heteroatoms. The highest BCUT2D eigenvalue weighted by molar-refractivity contribution is 6.21. The highest BCUT2D eigenvalue weighted by Crippen LogP contribution is 2.21. The number of carbonyl (C=O) groups is 4. The fraction of sp³-hybridized carbons (Fsp3) is 0.125. The Morgan fingerprint density at radius 2 is 0.917 bits per heavy atom. The fourth-order valence-electron chi connectivity index (χ4n) is 2.01.